The van der Waals surface area contributed by atoms with E-state index in [9.17, 15) is 5.11 Å². The third kappa shape index (κ3) is 3.59. The first kappa shape index (κ1) is 14.1. The van der Waals surface area contributed by atoms with Crippen molar-refractivity contribution in [2.75, 3.05) is 26.4 Å². The molecule has 1 heterocycles. The fourth-order valence-electron chi connectivity index (χ4n) is 1.88. The molecule has 0 saturated carbocycles. The van der Waals surface area contributed by atoms with Gasteiger partial charge in [0.25, 0.3) is 0 Å². The summed E-state index contributed by atoms with van der Waals surface area (Å²) in [6.45, 7) is 4.79. The van der Waals surface area contributed by atoms with Crippen molar-refractivity contribution < 1.29 is 19.7 Å². The van der Waals surface area contributed by atoms with E-state index in [1.54, 1.807) is 6.92 Å². The molecule has 19 heavy (non-hydrogen) atoms. The van der Waals surface area contributed by atoms with Gasteiger partial charge in [-0.25, -0.2) is 0 Å². The first-order valence-electron chi connectivity index (χ1n) is 6.48. The van der Waals surface area contributed by atoms with Crippen LogP contribution in [0.15, 0.2) is 18.2 Å². The minimum atomic E-state index is -1.11. The molecule has 0 bridgehead atoms. The van der Waals surface area contributed by atoms with E-state index in [0.717, 1.165) is 17.1 Å². The number of aliphatic hydroxyl groups excluding tert-OH is 1. The van der Waals surface area contributed by atoms with Gasteiger partial charge >= 0.3 is 0 Å². The smallest absolute Gasteiger partial charge is 0.161 e. The zero-order valence-corrected chi connectivity index (χ0v) is 11.3. The van der Waals surface area contributed by atoms with Gasteiger partial charge in [-0.15, -0.1) is 0 Å². The van der Waals surface area contributed by atoms with Gasteiger partial charge in [0.2, 0.25) is 0 Å². The second-order valence-corrected chi connectivity index (χ2v) is 5.16. The molecular weight excluding hydrogens is 246 g/mol. The van der Waals surface area contributed by atoms with Gasteiger partial charge in [-0.3, -0.25) is 0 Å². The topological polar surface area (TPSA) is 71.0 Å². The van der Waals surface area contributed by atoms with Crippen LogP contribution in [0.5, 0.6) is 11.5 Å². The quantitative estimate of drug-likeness (QED) is 0.738. The van der Waals surface area contributed by atoms with Gasteiger partial charge in [0.05, 0.1) is 12.2 Å². The molecule has 1 aliphatic rings. The largest absolute Gasteiger partial charge is 0.486 e. The highest BCUT2D eigenvalue weighted by Gasteiger charge is 2.20. The number of hydrogen-bond donors (Lipinski definition) is 3. The monoisotopic (exact) mass is 267 g/mol. The average Bonchev–Trinajstić information content (AvgIpc) is 2.44. The van der Waals surface area contributed by atoms with Crippen LogP contribution in [0.3, 0.4) is 0 Å². The normalized spacial score (nSPS) is 18.7. The van der Waals surface area contributed by atoms with Crippen molar-refractivity contribution in [3.8, 4) is 11.5 Å². The molecule has 0 spiro atoms. The predicted octanol–water partition coefficient (Wildman–Crippen LogP) is 0.852. The van der Waals surface area contributed by atoms with Gasteiger partial charge in [0.1, 0.15) is 13.2 Å². The van der Waals surface area contributed by atoms with Crippen LogP contribution in [0.4, 0.5) is 0 Å². The molecular formula is C14H21NO4. The second kappa shape index (κ2) is 5.77. The minimum Gasteiger partial charge on any atom is -0.486 e. The van der Waals surface area contributed by atoms with E-state index in [1.165, 1.54) is 0 Å². The third-order valence-corrected chi connectivity index (χ3v) is 3.20. The molecule has 106 valence electrons. The van der Waals surface area contributed by atoms with Crippen LogP contribution < -0.4 is 14.8 Å². The Bertz CT molecular complexity index is 433. The molecule has 0 fully saturated rings. The van der Waals surface area contributed by atoms with Gasteiger partial charge in [-0.2, -0.15) is 0 Å². The lowest BCUT2D eigenvalue weighted by Crippen LogP contribution is -2.41. The van der Waals surface area contributed by atoms with Gasteiger partial charge in [-0.05, 0) is 31.5 Å². The van der Waals surface area contributed by atoms with Gasteiger partial charge in [0, 0.05) is 12.6 Å². The lowest BCUT2D eigenvalue weighted by atomic mass is 10.0. The fraction of sp³-hybridized carbons (Fsp3) is 0.571. The van der Waals surface area contributed by atoms with Crippen molar-refractivity contribution in [2.24, 2.45) is 0 Å². The third-order valence-electron chi connectivity index (χ3n) is 3.20. The average molecular weight is 267 g/mol. The SMILES string of the molecule is CC(NCC(C)(O)CO)c1ccc2c(c1)OCCO2. The van der Waals surface area contributed by atoms with E-state index in [1.807, 2.05) is 25.1 Å². The summed E-state index contributed by atoms with van der Waals surface area (Å²) in [7, 11) is 0. The van der Waals surface area contributed by atoms with Crippen LogP contribution in [0.1, 0.15) is 25.5 Å². The zero-order chi connectivity index (χ0) is 13.9. The van der Waals surface area contributed by atoms with Crippen molar-refractivity contribution in [1.29, 1.82) is 0 Å². The van der Waals surface area contributed by atoms with Crippen molar-refractivity contribution >= 4 is 0 Å². The van der Waals surface area contributed by atoms with Crippen LogP contribution in [-0.4, -0.2) is 42.2 Å². The van der Waals surface area contributed by atoms with E-state index in [0.29, 0.717) is 19.8 Å². The molecule has 2 unspecified atom stereocenters. The Labute approximate surface area is 113 Å². The lowest BCUT2D eigenvalue weighted by molar-refractivity contribution is 0.00105. The maximum absolute atomic E-state index is 9.75. The van der Waals surface area contributed by atoms with E-state index in [2.05, 4.69) is 5.32 Å². The number of ether oxygens (including phenoxy) is 2. The second-order valence-electron chi connectivity index (χ2n) is 5.16. The summed E-state index contributed by atoms with van der Waals surface area (Å²) in [6.07, 6.45) is 0. The summed E-state index contributed by atoms with van der Waals surface area (Å²) in [4.78, 5) is 0. The molecule has 0 aliphatic carbocycles. The summed E-state index contributed by atoms with van der Waals surface area (Å²) < 4.78 is 11.0. The van der Waals surface area contributed by atoms with Crippen molar-refractivity contribution in [1.82, 2.24) is 5.32 Å². The van der Waals surface area contributed by atoms with Crippen LogP contribution in [0, 0.1) is 0 Å². The van der Waals surface area contributed by atoms with E-state index in [4.69, 9.17) is 14.6 Å². The number of fused-ring (bicyclic) bond motifs is 1. The molecule has 2 atom stereocenters. The van der Waals surface area contributed by atoms with Crippen molar-refractivity contribution in [3.63, 3.8) is 0 Å². The maximum Gasteiger partial charge on any atom is 0.161 e. The molecule has 2 rings (SSSR count). The number of benzene rings is 1. The molecule has 5 heteroatoms. The summed E-state index contributed by atoms with van der Waals surface area (Å²) in [5.74, 6) is 1.52. The lowest BCUT2D eigenvalue weighted by Gasteiger charge is -2.25. The summed E-state index contributed by atoms with van der Waals surface area (Å²) in [5.41, 5.74) is -0.0554. The summed E-state index contributed by atoms with van der Waals surface area (Å²) in [5, 5.41) is 22.0. The highest BCUT2D eigenvalue weighted by atomic mass is 16.6. The Kier molecular flexibility index (Phi) is 4.29. The Morgan fingerprint density at radius 2 is 2.00 bits per heavy atom. The zero-order valence-electron chi connectivity index (χ0n) is 11.3. The van der Waals surface area contributed by atoms with Gasteiger partial charge < -0.3 is 25.0 Å². The Hall–Kier alpha value is -1.30. The fourth-order valence-corrected chi connectivity index (χ4v) is 1.88. The molecule has 0 radical (unpaired) electrons. The summed E-state index contributed by atoms with van der Waals surface area (Å²) >= 11 is 0. The van der Waals surface area contributed by atoms with E-state index < -0.39 is 5.60 Å². The standard InChI is InChI=1S/C14H21NO4/c1-10(15-8-14(2,17)9-16)11-3-4-12-13(7-11)19-6-5-18-12/h3-4,7,10,15-17H,5-6,8-9H2,1-2H3. The Balaban J connectivity index is 2.01. The molecule has 0 saturated heterocycles. The van der Waals surface area contributed by atoms with Crippen LogP contribution in [-0.2, 0) is 0 Å². The highest BCUT2D eigenvalue weighted by molar-refractivity contribution is 5.44. The maximum atomic E-state index is 9.75. The highest BCUT2D eigenvalue weighted by Crippen LogP contribution is 2.32. The van der Waals surface area contributed by atoms with Gasteiger partial charge in [0.15, 0.2) is 11.5 Å². The van der Waals surface area contributed by atoms with Gasteiger partial charge in [-0.1, -0.05) is 6.07 Å². The molecule has 1 aliphatic heterocycles. The van der Waals surface area contributed by atoms with Crippen LogP contribution in [0.2, 0.25) is 0 Å². The number of nitrogens with one attached hydrogen (secondary N) is 1. The number of aliphatic hydroxyl groups is 2. The Morgan fingerprint density at radius 3 is 2.68 bits per heavy atom. The van der Waals surface area contributed by atoms with Crippen molar-refractivity contribution in [3.05, 3.63) is 23.8 Å². The number of rotatable bonds is 5. The Morgan fingerprint density at radius 1 is 1.32 bits per heavy atom. The first-order chi connectivity index (χ1) is 9.02. The molecule has 1 aromatic rings. The van der Waals surface area contributed by atoms with Crippen LogP contribution >= 0.6 is 0 Å². The minimum absolute atomic E-state index is 0.0499. The number of hydrogen-bond acceptors (Lipinski definition) is 5. The summed E-state index contributed by atoms with van der Waals surface area (Å²) in [6, 6.07) is 5.86. The van der Waals surface area contributed by atoms with Crippen LogP contribution in [0.25, 0.3) is 0 Å². The molecule has 0 aromatic heterocycles. The predicted molar refractivity (Wildman–Crippen MR) is 71.6 cm³/mol. The molecule has 5 nitrogen and oxygen atoms in total. The van der Waals surface area contributed by atoms with Crippen molar-refractivity contribution in [2.45, 2.75) is 25.5 Å². The first-order valence-corrected chi connectivity index (χ1v) is 6.48. The van der Waals surface area contributed by atoms with E-state index in [-0.39, 0.29) is 12.6 Å². The molecule has 0 amide bonds. The molecule has 1 aromatic carbocycles. The molecule has 3 N–H and O–H groups in total. The van der Waals surface area contributed by atoms with E-state index >= 15 is 0 Å².